The fourth-order valence-corrected chi connectivity index (χ4v) is 0.346. The number of esters is 1. The van der Waals surface area contributed by atoms with E-state index >= 15 is 0 Å². The molecule has 0 fully saturated rings. The van der Waals surface area contributed by atoms with E-state index in [2.05, 4.69) is 4.74 Å². The Balaban J connectivity index is 4.03. The van der Waals surface area contributed by atoms with Gasteiger partial charge in [0.05, 0.1) is 13.2 Å². The number of ether oxygens (including phenoxy) is 1. The second kappa shape index (κ2) is 3.93. The fourth-order valence-electron chi connectivity index (χ4n) is 0.346. The van der Waals surface area contributed by atoms with Crippen molar-refractivity contribution in [1.29, 1.82) is 0 Å². The molecule has 1 N–H and O–H groups in total. The van der Waals surface area contributed by atoms with E-state index < -0.39 is 5.97 Å². The third-order valence-corrected chi connectivity index (χ3v) is 1.06. The first-order valence-electron chi connectivity index (χ1n) is 3.06. The van der Waals surface area contributed by atoms with Crippen molar-refractivity contribution in [1.82, 2.24) is 0 Å². The molecule has 0 aromatic carbocycles. The first-order valence-corrected chi connectivity index (χ1v) is 3.06. The number of rotatable bonds is 2. The molecule has 3 nitrogen and oxygen atoms in total. The van der Waals surface area contributed by atoms with Crippen LogP contribution in [0.2, 0.25) is 0 Å². The average molecular weight is 144 g/mol. The van der Waals surface area contributed by atoms with Crippen molar-refractivity contribution < 1.29 is 14.6 Å². The zero-order valence-electron chi connectivity index (χ0n) is 6.42. The van der Waals surface area contributed by atoms with Crippen molar-refractivity contribution in [3.63, 3.8) is 0 Å². The number of hydrogen-bond acceptors (Lipinski definition) is 3. The molecule has 0 atom stereocenters. The van der Waals surface area contributed by atoms with Crippen LogP contribution in [0, 0.1) is 5.92 Å². The standard InChI is InChI=1S/C7H12O3/c1-5(2)6(8)4-7(9)10-3/h4-5,8H,1-3H3/b6-4-. The summed E-state index contributed by atoms with van der Waals surface area (Å²) in [5.41, 5.74) is 0. The van der Waals surface area contributed by atoms with Gasteiger partial charge in [-0.05, 0) is 0 Å². The van der Waals surface area contributed by atoms with E-state index in [4.69, 9.17) is 5.11 Å². The lowest BCUT2D eigenvalue weighted by Gasteiger charge is -2.00. The van der Waals surface area contributed by atoms with Crippen LogP contribution in [-0.4, -0.2) is 18.2 Å². The van der Waals surface area contributed by atoms with E-state index in [9.17, 15) is 4.79 Å². The molecule has 0 radical (unpaired) electrons. The Labute approximate surface area is 60.3 Å². The fraction of sp³-hybridized carbons (Fsp3) is 0.571. The maximum atomic E-state index is 10.5. The molecule has 0 saturated carbocycles. The maximum Gasteiger partial charge on any atom is 0.333 e. The number of carbonyl (C=O) groups is 1. The summed E-state index contributed by atoms with van der Waals surface area (Å²) in [7, 11) is 1.27. The number of aliphatic hydroxyl groups excluding tert-OH is 1. The van der Waals surface area contributed by atoms with Gasteiger partial charge in [-0.3, -0.25) is 0 Å². The van der Waals surface area contributed by atoms with Crippen molar-refractivity contribution in [2.24, 2.45) is 5.92 Å². The van der Waals surface area contributed by atoms with Gasteiger partial charge in [-0.15, -0.1) is 0 Å². The first-order chi connectivity index (χ1) is 4.57. The monoisotopic (exact) mass is 144 g/mol. The van der Waals surface area contributed by atoms with Gasteiger partial charge in [0.15, 0.2) is 0 Å². The van der Waals surface area contributed by atoms with Crippen LogP contribution in [0.4, 0.5) is 0 Å². The Morgan fingerprint density at radius 3 is 2.40 bits per heavy atom. The van der Waals surface area contributed by atoms with E-state index in [-0.39, 0.29) is 11.7 Å². The van der Waals surface area contributed by atoms with Crippen LogP contribution in [0.3, 0.4) is 0 Å². The van der Waals surface area contributed by atoms with Gasteiger partial charge in [-0.25, -0.2) is 4.79 Å². The SMILES string of the molecule is COC(=O)/C=C(\O)C(C)C. The molecule has 0 bridgehead atoms. The van der Waals surface area contributed by atoms with Gasteiger partial charge in [-0.2, -0.15) is 0 Å². The lowest BCUT2D eigenvalue weighted by Crippen LogP contribution is -2.00. The van der Waals surface area contributed by atoms with E-state index in [1.165, 1.54) is 7.11 Å². The molecule has 0 aliphatic carbocycles. The molecule has 3 heteroatoms. The lowest BCUT2D eigenvalue weighted by atomic mass is 10.2. The normalized spacial score (nSPS) is 11.8. The summed E-state index contributed by atoms with van der Waals surface area (Å²) in [6.07, 6.45) is 1.07. The van der Waals surface area contributed by atoms with Gasteiger partial charge in [0.1, 0.15) is 5.76 Å². The van der Waals surface area contributed by atoms with Crippen LogP contribution in [-0.2, 0) is 9.53 Å². The number of hydrogen-bond donors (Lipinski definition) is 1. The Kier molecular flexibility index (Phi) is 3.54. The van der Waals surface area contributed by atoms with E-state index in [0.29, 0.717) is 0 Å². The largest absolute Gasteiger partial charge is 0.512 e. The lowest BCUT2D eigenvalue weighted by molar-refractivity contribution is -0.135. The highest BCUT2D eigenvalue weighted by atomic mass is 16.5. The van der Waals surface area contributed by atoms with Crippen LogP contribution >= 0.6 is 0 Å². The second-order valence-electron chi connectivity index (χ2n) is 2.25. The highest BCUT2D eigenvalue weighted by Crippen LogP contribution is 2.04. The highest BCUT2D eigenvalue weighted by Gasteiger charge is 2.02. The quantitative estimate of drug-likeness (QED) is 0.360. The minimum atomic E-state index is -0.522. The summed E-state index contributed by atoms with van der Waals surface area (Å²) in [5.74, 6) is -0.503. The summed E-state index contributed by atoms with van der Waals surface area (Å²) in [5, 5.41) is 8.99. The molecule has 0 saturated heterocycles. The van der Waals surface area contributed by atoms with E-state index in [1.807, 2.05) is 0 Å². The molecule has 0 unspecified atom stereocenters. The molecule has 0 spiro atoms. The molecule has 0 aromatic heterocycles. The van der Waals surface area contributed by atoms with Gasteiger partial charge >= 0.3 is 5.97 Å². The van der Waals surface area contributed by atoms with Gasteiger partial charge in [0.2, 0.25) is 0 Å². The van der Waals surface area contributed by atoms with Crippen molar-refractivity contribution >= 4 is 5.97 Å². The van der Waals surface area contributed by atoms with Crippen LogP contribution in [0.15, 0.2) is 11.8 Å². The molecule has 0 aliphatic rings. The molecular formula is C7H12O3. The van der Waals surface area contributed by atoms with Gasteiger partial charge in [0, 0.05) is 5.92 Å². The Bertz CT molecular complexity index is 147. The minimum absolute atomic E-state index is 0.0286. The zero-order valence-corrected chi connectivity index (χ0v) is 6.42. The molecule has 0 aromatic rings. The zero-order chi connectivity index (χ0) is 8.15. The van der Waals surface area contributed by atoms with Crippen LogP contribution in [0.1, 0.15) is 13.8 Å². The summed E-state index contributed by atoms with van der Waals surface area (Å²) in [6, 6.07) is 0. The molecule has 58 valence electrons. The molecule has 10 heavy (non-hydrogen) atoms. The van der Waals surface area contributed by atoms with E-state index in [1.54, 1.807) is 13.8 Å². The number of allylic oxidation sites excluding steroid dienone is 1. The Morgan fingerprint density at radius 1 is 1.60 bits per heavy atom. The van der Waals surface area contributed by atoms with Crippen molar-refractivity contribution in [2.75, 3.05) is 7.11 Å². The molecule has 0 aliphatic heterocycles. The van der Waals surface area contributed by atoms with Gasteiger partial charge in [0.25, 0.3) is 0 Å². The van der Waals surface area contributed by atoms with Gasteiger partial charge in [-0.1, -0.05) is 13.8 Å². The maximum absolute atomic E-state index is 10.5. The molecule has 0 amide bonds. The summed E-state index contributed by atoms with van der Waals surface area (Å²) in [6.45, 7) is 3.57. The molecule has 0 heterocycles. The van der Waals surface area contributed by atoms with Crippen LogP contribution in [0.5, 0.6) is 0 Å². The number of carbonyl (C=O) groups excluding carboxylic acids is 1. The summed E-state index contributed by atoms with van der Waals surface area (Å²) < 4.78 is 4.30. The van der Waals surface area contributed by atoms with E-state index in [0.717, 1.165) is 6.08 Å². The smallest absolute Gasteiger partial charge is 0.333 e. The average Bonchev–Trinajstić information content (AvgIpc) is 1.87. The van der Waals surface area contributed by atoms with Crippen molar-refractivity contribution in [3.05, 3.63) is 11.8 Å². The predicted molar refractivity (Wildman–Crippen MR) is 37.6 cm³/mol. The summed E-state index contributed by atoms with van der Waals surface area (Å²) >= 11 is 0. The Morgan fingerprint density at radius 2 is 2.10 bits per heavy atom. The van der Waals surface area contributed by atoms with Crippen molar-refractivity contribution in [2.45, 2.75) is 13.8 Å². The third kappa shape index (κ3) is 3.12. The Hall–Kier alpha value is -0.990. The van der Waals surface area contributed by atoms with Crippen molar-refractivity contribution in [3.8, 4) is 0 Å². The highest BCUT2D eigenvalue weighted by molar-refractivity contribution is 5.82. The first kappa shape index (κ1) is 9.01. The predicted octanol–water partition coefficient (Wildman–Crippen LogP) is 1.26. The van der Waals surface area contributed by atoms with Gasteiger partial charge < -0.3 is 9.84 Å². The summed E-state index contributed by atoms with van der Waals surface area (Å²) in [4.78, 5) is 10.5. The van der Waals surface area contributed by atoms with Crippen LogP contribution < -0.4 is 0 Å². The third-order valence-electron chi connectivity index (χ3n) is 1.06. The van der Waals surface area contributed by atoms with Crippen LogP contribution in [0.25, 0.3) is 0 Å². The number of methoxy groups -OCH3 is 1. The molecular weight excluding hydrogens is 132 g/mol. The topological polar surface area (TPSA) is 46.5 Å². The number of aliphatic hydroxyl groups is 1. The second-order valence-corrected chi connectivity index (χ2v) is 2.25. The molecule has 0 rings (SSSR count). The minimum Gasteiger partial charge on any atom is -0.512 e.